The van der Waals surface area contributed by atoms with E-state index in [1.807, 2.05) is 0 Å². The van der Waals surface area contributed by atoms with Gasteiger partial charge in [-0.25, -0.2) is 13.1 Å². The van der Waals surface area contributed by atoms with Gasteiger partial charge in [-0.1, -0.05) is 6.92 Å². The summed E-state index contributed by atoms with van der Waals surface area (Å²) >= 11 is 0. The van der Waals surface area contributed by atoms with Crippen molar-refractivity contribution in [2.45, 2.75) is 38.1 Å². The van der Waals surface area contributed by atoms with Crippen molar-refractivity contribution in [1.29, 1.82) is 0 Å². The highest BCUT2D eigenvalue weighted by atomic mass is 32.2. The maximum absolute atomic E-state index is 12.0. The molecule has 5 nitrogen and oxygen atoms in total. The zero-order chi connectivity index (χ0) is 13.1. The molecule has 1 N–H and O–H groups in total. The van der Waals surface area contributed by atoms with Gasteiger partial charge in [0, 0.05) is 18.7 Å². The first-order chi connectivity index (χ1) is 7.88. The smallest absolute Gasteiger partial charge is 0.243 e. The minimum absolute atomic E-state index is 0.00292. The van der Waals surface area contributed by atoms with Gasteiger partial charge in [0.25, 0.3) is 0 Å². The van der Waals surface area contributed by atoms with E-state index in [2.05, 4.69) is 9.71 Å². The summed E-state index contributed by atoms with van der Waals surface area (Å²) in [5.74, 6) is -0.283. The molecular formula is C11H16N2O3S. The average Bonchev–Trinajstić information content (AvgIpc) is 2.26. The number of aromatic nitrogens is 1. The number of carbonyl (C=O) groups excluding carboxylic acids is 1. The highest BCUT2D eigenvalue weighted by Gasteiger charge is 2.22. The van der Waals surface area contributed by atoms with E-state index in [-0.39, 0.29) is 28.8 Å². The molecule has 0 aliphatic rings. The highest BCUT2D eigenvalue weighted by Crippen LogP contribution is 2.14. The number of sulfonamides is 1. The zero-order valence-electron chi connectivity index (χ0n) is 10.1. The van der Waals surface area contributed by atoms with Gasteiger partial charge in [0.2, 0.25) is 10.0 Å². The molecule has 0 fully saturated rings. The first-order valence-corrected chi connectivity index (χ1v) is 6.87. The summed E-state index contributed by atoms with van der Waals surface area (Å²) in [6, 6.07) is 2.66. The zero-order valence-corrected chi connectivity index (χ0v) is 10.9. The van der Waals surface area contributed by atoms with Crippen LogP contribution in [0.3, 0.4) is 0 Å². The van der Waals surface area contributed by atoms with Crippen LogP contribution >= 0.6 is 0 Å². The molecule has 0 spiro atoms. The Bertz CT molecular complexity index is 509. The van der Waals surface area contributed by atoms with Gasteiger partial charge >= 0.3 is 0 Å². The molecule has 0 unspecified atom stereocenters. The third kappa shape index (κ3) is 3.34. The Morgan fingerprint density at radius 1 is 1.47 bits per heavy atom. The lowest BCUT2D eigenvalue weighted by Crippen LogP contribution is -2.31. The fraction of sp³-hybridized carbons (Fsp3) is 0.455. The van der Waals surface area contributed by atoms with Crippen molar-refractivity contribution >= 4 is 15.8 Å². The van der Waals surface area contributed by atoms with Gasteiger partial charge < -0.3 is 0 Å². The molecule has 0 amide bonds. The van der Waals surface area contributed by atoms with Crippen LogP contribution in [-0.4, -0.2) is 25.2 Å². The first-order valence-electron chi connectivity index (χ1n) is 5.39. The van der Waals surface area contributed by atoms with E-state index in [0.29, 0.717) is 0 Å². The monoisotopic (exact) mass is 256 g/mol. The Morgan fingerprint density at radius 2 is 2.12 bits per heavy atom. The van der Waals surface area contributed by atoms with Gasteiger partial charge in [-0.3, -0.25) is 9.78 Å². The summed E-state index contributed by atoms with van der Waals surface area (Å²) in [5.41, 5.74) is 0.00292. The lowest BCUT2D eigenvalue weighted by molar-refractivity contribution is 0.0980. The van der Waals surface area contributed by atoms with Crippen LogP contribution in [0.5, 0.6) is 0 Å². The Hall–Kier alpha value is -1.27. The molecule has 0 atom stereocenters. The van der Waals surface area contributed by atoms with Crippen LogP contribution < -0.4 is 4.72 Å². The van der Waals surface area contributed by atoms with Crippen molar-refractivity contribution < 1.29 is 13.2 Å². The van der Waals surface area contributed by atoms with E-state index in [4.69, 9.17) is 0 Å². The number of nitrogens with one attached hydrogen (secondary N) is 1. The molecule has 94 valence electrons. The number of carbonyl (C=O) groups is 1. The van der Waals surface area contributed by atoms with E-state index >= 15 is 0 Å². The molecule has 1 aromatic heterocycles. The average molecular weight is 256 g/mol. The van der Waals surface area contributed by atoms with Crippen molar-refractivity contribution in [2.75, 3.05) is 0 Å². The van der Waals surface area contributed by atoms with Crippen LogP contribution in [0.4, 0.5) is 0 Å². The number of nitrogens with zero attached hydrogens (tertiary/aromatic N) is 1. The third-order valence-electron chi connectivity index (χ3n) is 2.04. The van der Waals surface area contributed by atoms with E-state index in [1.165, 1.54) is 18.3 Å². The molecule has 0 radical (unpaired) electrons. The number of rotatable bonds is 5. The van der Waals surface area contributed by atoms with E-state index in [0.717, 1.165) is 0 Å². The second-order valence-electron chi connectivity index (χ2n) is 3.90. The molecule has 0 aromatic carbocycles. The minimum atomic E-state index is -3.68. The van der Waals surface area contributed by atoms with Crippen molar-refractivity contribution in [1.82, 2.24) is 9.71 Å². The molecule has 1 heterocycles. The van der Waals surface area contributed by atoms with Crippen LogP contribution in [0.2, 0.25) is 0 Å². The van der Waals surface area contributed by atoms with E-state index < -0.39 is 10.0 Å². The van der Waals surface area contributed by atoms with Crippen LogP contribution in [0.1, 0.15) is 37.7 Å². The van der Waals surface area contributed by atoms with Crippen LogP contribution in [-0.2, 0) is 10.0 Å². The Kier molecular flexibility index (Phi) is 4.36. The fourth-order valence-corrected chi connectivity index (χ4v) is 2.78. The summed E-state index contributed by atoms with van der Waals surface area (Å²) < 4.78 is 26.4. The Balaban J connectivity index is 3.27. The van der Waals surface area contributed by atoms with Crippen molar-refractivity contribution in [3.05, 3.63) is 24.0 Å². The lowest BCUT2D eigenvalue weighted by Gasteiger charge is -2.11. The molecule has 0 bridgehead atoms. The predicted molar refractivity (Wildman–Crippen MR) is 64.3 cm³/mol. The summed E-state index contributed by atoms with van der Waals surface area (Å²) in [7, 11) is -3.68. The fourth-order valence-electron chi connectivity index (χ4n) is 1.36. The van der Waals surface area contributed by atoms with Crippen molar-refractivity contribution in [2.24, 2.45) is 0 Å². The number of hydrogen-bond acceptors (Lipinski definition) is 4. The predicted octanol–water partition coefficient (Wildman–Crippen LogP) is 1.36. The Morgan fingerprint density at radius 3 is 2.65 bits per heavy atom. The number of hydrogen-bond donors (Lipinski definition) is 1. The molecule has 0 saturated heterocycles. The first kappa shape index (κ1) is 13.8. The third-order valence-corrected chi connectivity index (χ3v) is 3.73. The lowest BCUT2D eigenvalue weighted by atomic mass is 10.2. The van der Waals surface area contributed by atoms with Crippen LogP contribution in [0.25, 0.3) is 0 Å². The van der Waals surface area contributed by atoms with Crippen molar-refractivity contribution in [3.63, 3.8) is 0 Å². The summed E-state index contributed by atoms with van der Waals surface area (Å²) in [6.45, 7) is 5.10. The molecule has 6 heteroatoms. The molecular weight excluding hydrogens is 240 g/mol. The van der Waals surface area contributed by atoms with Crippen molar-refractivity contribution in [3.8, 4) is 0 Å². The van der Waals surface area contributed by atoms with Gasteiger partial charge in [0.05, 0.1) is 0 Å². The maximum atomic E-state index is 12.0. The maximum Gasteiger partial charge on any atom is 0.243 e. The molecule has 1 aromatic rings. The SMILES string of the molecule is CCC(=O)c1ncccc1S(=O)(=O)NC(C)C. The standard InChI is InChI=1S/C11H16N2O3S/c1-4-9(14)11-10(6-5-7-12-11)17(15,16)13-8(2)3/h5-8,13H,4H2,1-3H3. The van der Waals surface area contributed by atoms with Gasteiger partial charge in [-0.15, -0.1) is 0 Å². The van der Waals surface area contributed by atoms with Crippen LogP contribution in [0, 0.1) is 0 Å². The van der Waals surface area contributed by atoms with Gasteiger partial charge in [-0.05, 0) is 26.0 Å². The summed E-state index contributed by atoms with van der Waals surface area (Å²) in [6.07, 6.45) is 1.64. The highest BCUT2D eigenvalue weighted by molar-refractivity contribution is 7.89. The quantitative estimate of drug-likeness (QED) is 0.807. The van der Waals surface area contributed by atoms with E-state index in [9.17, 15) is 13.2 Å². The molecule has 1 rings (SSSR count). The summed E-state index contributed by atoms with van der Waals surface area (Å²) in [5, 5.41) is 0. The molecule has 0 aliphatic heterocycles. The van der Waals surface area contributed by atoms with Gasteiger partial charge in [-0.2, -0.15) is 0 Å². The second-order valence-corrected chi connectivity index (χ2v) is 5.59. The topological polar surface area (TPSA) is 76.1 Å². The molecule has 0 saturated carbocycles. The van der Waals surface area contributed by atoms with Crippen LogP contribution in [0.15, 0.2) is 23.2 Å². The van der Waals surface area contributed by atoms with Gasteiger partial charge in [0.1, 0.15) is 10.6 Å². The number of Topliss-reactive ketones (excluding diaryl/α,β-unsaturated/α-hetero) is 1. The minimum Gasteiger partial charge on any atom is -0.292 e. The summed E-state index contributed by atoms with van der Waals surface area (Å²) in [4.78, 5) is 15.4. The Labute approximate surface area is 101 Å². The van der Waals surface area contributed by atoms with E-state index in [1.54, 1.807) is 20.8 Å². The number of ketones is 1. The molecule has 0 aliphatic carbocycles. The number of pyridine rings is 1. The van der Waals surface area contributed by atoms with Gasteiger partial charge in [0.15, 0.2) is 5.78 Å². The normalized spacial score (nSPS) is 11.8. The molecule has 17 heavy (non-hydrogen) atoms. The second kappa shape index (κ2) is 5.37. The largest absolute Gasteiger partial charge is 0.292 e.